The van der Waals surface area contributed by atoms with Crippen LogP contribution in [0.5, 0.6) is 0 Å². The lowest BCUT2D eigenvalue weighted by Crippen LogP contribution is -2.50. The number of carbonyl (C=O) groups is 2. The van der Waals surface area contributed by atoms with E-state index in [4.69, 9.17) is 11.6 Å². The lowest BCUT2D eigenvalue weighted by atomic mass is 10.2. The Labute approximate surface area is 178 Å². The van der Waals surface area contributed by atoms with Gasteiger partial charge in [0.2, 0.25) is 5.91 Å². The van der Waals surface area contributed by atoms with Crippen molar-refractivity contribution >= 4 is 45.0 Å². The predicted octanol–water partition coefficient (Wildman–Crippen LogP) is 3.02. The van der Waals surface area contributed by atoms with Gasteiger partial charge >= 0.3 is 0 Å². The molecule has 2 aromatic carbocycles. The Morgan fingerprint density at radius 2 is 1.76 bits per heavy atom. The van der Waals surface area contributed by atoms with Crippen LogP contribution in [0.15, 0.2) is 48.5 Å². The largest absolute Gasteiger partial charge is 0.343 e. The third-order valence-corrected chi connectivity index (χ3v) is 6.29. The van der Waals surface area contributed by atoms with Gasteiger partial charge in [-0.2, -0.15) is 0 Å². The average molecular weight is 429 g/mol. The summed E-state index contributed by atoms with van der Waals surface area (Å²) in [5, 5.41) is 4.14. The topological polar surface area (TPSA) is 65.5 Å². The van der Waals surface area contributed by atoms with E-state index in [1.165, 1.54) is 4.70 Å². The fourth-order valence-electron chi connectivity index (χ4n) is 3.34. The second-order valence-electron chi connectivity index (χ2n) is 6.89. The number of halogens is 1. The molecule has 0 saturated carbocycles. The van der Waals surface area contributed by atoms with Crippen LogP contribution < -0.4 is 5.32 Å². The summed E-state index contributed by atoms with van der Waals surface area (Å²) in [6.07, 6.45) is 0. The van der Waals surface area contributed by atoms with Crippen LogP contribution in [0.25, 0.3) is 10.2 Å². The molecule has 1 aliphatic rings. The number of benzene rings is 2. The van der Waals surface area contributed by atoms with E-state index in [1.54, 1.807) is 40.5 Å². The van der Waals surface area contributed by atoms with Gasteiger partial charge in [0.25, 0.3) is 5.91 Å². The van der Waals surface area contributed by atoms with E-state index in [-0.39, 0.29) is 18.4 Å². The van der Waals surface area contributed by atoms with Crippen LogP contribution in [0.2, 0.25) is 5.02 Å². The number of hydrogen-bond acceptors (Lipinski definition) is 5. The van der Waals surface area contributed by atoms with Gasteiger partial charge in [-0.05, 0) is 24.3 Å². The number of amides is 2. The molecule has 1 N–H and O–H groups in total. The van der Waals surface area contributed by atoms with E-state index < -0.39 is 0 Å². The van der Waals surface area contributed by atoms with Gasteiger partial charge in [0.15, 0.2) is 0 Å². The lowest BCUT2D eigenvalue weighted by Gasteiger charge is -2.34. The van der Waals surface area contributed by atoms with E-state index in [1.807, 2.05) is 18.2 Å². The van der Waals surface area contributed by atoms with Crippen LogP contribution in [0.1, 0.15) is 15.4 Å². The van der Waals surface area contributed by atoms with Crippen LogP contribution in [0.3, 0.4) is 0 Å². The number of aromatic nitrogens is 1. The molecular weight excluding hydrogens is 408 g/mol. The maximum atomic E-state index is 12.5. The van der Waals surface area contributed by atoms with Crippen molar-refractivity contribution in [3.05, 3.63) is 64.1 Å². The highest BCUT2D eigenvalue weighted by Gasteiger charge is 2.22. The van der Waals surface area contributed by atoms with Gasteiger partial charge in [-0.3, -0.25) is 14.5 Å². The Bertz CT molecular complexity index is 997. The first-order valence-corrected chi connectivity index (χ1v) is 10.7. The first-order valence-electron chi connectivity index (χ1n) is 9.47. The third kappa shape index (κ3) is 4.75. The summed E-state index contributed by atoms with van der Waals surface area (Å²) in [7, 11) is 0. The minimum Gasteiger partial charge on any atom is -0.343 e. The van der Waals surface area contributed by atoms with Crippen LogP contribution in [0, 0.1) is 0 Å². The van der Waals surface area contributed by atoms with Gasteiger partial charge in [-0.15, -0.1) is 11.3 Å². The van der Waals surface area contributed by atoms with Gasteiger partial charge in [0.05, 0.1) is 33.9 Å². The summed E-state index contributed by atoms with van der Waals surface area (Å²) < 4.78 is 1.20. The number of para-hydroxylation sites is 1. The molecule has 29 heavy (non-hydrogen) atoms. The zero-order valence-corrected chi connectivity index (χ0v) is 17.4. The number of hydrogen-bond donors (Lipinski definition) is 1. The number of nitrogens with zero attached hydrogens (tertiary/aromatic N) is 3. The van der Waals surface area contributed by atoms with Crippen molar-refractivity contribution in [2.75, 3.05) is 32.7 Å². The smallest absolute Gasteiger partial charge is 0.253 e. The average Bonchev–Trinajstić information content (AvgIpc) is 3.15. The van der Waals surface area contributed by atoms with Gasteiger partial charge in [-0.25, -0.2) is 4.98 Å². The summed E-state index contributed by atoms with van der Waals surface area (Å²) in [4.78, 5) is 33.4. The highest BCUT2D eigenvalue weighted by Crippen LogP contribution is 2.23. The fourth-order valence-corrected chi connectivity index (χ4v) is 4.57. The molecule has 1 aromatic heterocycles. The second kappa shape index (κ2) is 8.90. The zero-order valence-electron chi connectivity index (χ0n) is 15.8. The molecule has 1 fully saturated rings. The van der Waals surface area contributed by atoms with Crippen molar-refractivity contribution in [2.45, 2.75) is 6.54 Å². The predicted molar refractivity (Wildman–Crippen MR) is 115 cm³/mol. The minimum atomic E-state index is -0.335. The molecule has 8 heteroatoms. The monoisotopic (exact) mass is 428 g/mol. The van der Waals surface area contributed by atoms with E-state index in [0.29, 0.717) is 23.7 Å². The SMILES string of the molecule is O=C(NCC(=O)N1CCN(Cc2nc3ccccc3s2)CC1)c1ccccc1Cl. The van der Waals surface area contributed by atoms with Gasteiger partial charge in [-0.1, -0.05) is 35.9 Å². The molecule has 0 spiro atoms. The van der Waals surface area contributed by atoms with E-state index in [9.17, 15) is 9.59 Å². The molecule has 0 bridgehead atoms. The molecule has 4 rings (SSSR count). The Hall–Kier alpha value is -2.48. The Morgan fingerprint density at radius 1 is 1.03 bits per heavy atom. The molecule has 3 aromatic rings. The first-order chi connectivity index (χ1) is 14.1. The molecule has 6 nitrogen and oxygen atoms in total. The standard InChI is InChI=1S/C21H21ClN4O2S/c22-16-6-2-1-5-15(16)21(28)23-13-20(27)26-11-9-25(10-12-26)14-19-24-17-7-3-4-8-18(17)29-19/h1-8H,9-14H2,(H,23,28). The Morgan fingerprint density at radius 3 is 2.52 bits per heavy atom. The molecule has 0 radical (unpaired) electrons. The van der Waals surface area contributed by atoms with Crippen molar-refractivity contribution in [1.82, 2.24) is 20.1 Å². The van der Waals surface area contributed by atoms with Gasteiger partial charge in [0.1, 0.15) is 5.01 Å². The minimum absolute atomic E-state index is 0.0259. The quantitative estimate of drug-likeness (QED) is 0.678. The highest BCUT2D eigenvalue weighted by molar-refractivity contribution is 7.18. The van der Waals surface area contributed by atoms with Crippen LogP contribution in [0.4, 0.5) is 0 Å². The van der Waals surface area contributed by atoms with Gasteiger partial charge in [0, 0.05) is 26.2 Å². The summed E-state index contributed by atoms with van der Waals surface area (Å²) in [5.74, 6) is -0.413. The first kappa shape index (κ1) is 19.8. The number of carbonyl (C=O) groups excluding carboxylic acids is 2. The number of piperazine rings is 1. The lowest BCUT2D eigenvalue weighted by molar-refractivity contribution is -0.131. The summed E-state index contributed by atoms with van der Waals surface area (Å²) in [6.45, 7) is 3.64. The van der Waals surface area contributed by atoms with Crippen molar-refractivity contribution < 1.29 is 9.59 Å². The molecule has 2 heterocycles. The normalized spacial score (nSPS) is 14.9. The van der Waals surface area contributed by atoms with Crippen molar-refractivity contribution in [2.24, 2.45) is 0 Å². The molecule has 150 valence electrons. The van der Waals surface area contributed by atoms with Crippen LogP contribution in [-0.2, 0) is 11.3 Å². The number of rotatable bonds is 5. The maximum absolute atomic E-state index is 12.5. The maximum Gasteiger partial charge on any atom is 0.253 e. The molecule has 0 aliphatic carbocycles. The van der Waals surface area contributed by atoms with Crippen LogP contribution in [-0.4, -0.2) is 59.3 Å². The number of fused-ring (bicyclic) bond motifs is 1. The number of nitrogens with one attached hydrogen (secondary N) is 1. The molecule has 0 atom stereocenters. The van der Waals surface area contributed by atoms with Crippen molar-refractivity contribution in [3.8, 4) is 0 Å². The van der Waals surface area contributed by atoms with Crippen LogP contribution >= 0.6 is 22.9 Å². The Balaban J connectivity index is 1.25. The zero-order chi connectivity index (χ0) is 20.2. The second-order valence-corrected chi connectivity index (χ2v) is 8.42. The molecule has 2 amide bonds. The third-order valence-electron chi connectivity index (χ3n) is 4.94. The molecular formula is C21H21ClN4O2S. The fraction of sp³-hybridized carbons (Fsp3) is 0.286. The van der Waals surface area contributed by atoms with E-state index in [0.717, 1.165) is 30.2 Å². The molecule has 0 unspecified atom stereocenters. The molecule has 1 saturated heterocycles. The van der Waals surface area contributed by atoms with E-state index >= 15 is 0 Å². The summed E-state index contributed by atoms with van der Waals surface area (Å²) in [6, 6.07) is 14.9. The van der Waals surface area contributed by atoms with E-state index in [2.05, 4.69) is 21.3 Å². The summed E-state index contributed by atoms with van der Waals surface area (Å²) in [5.41, 5.74) is 1.41. The van der Waals surface area contributed by atoms with Crippen molar-refractivity contribution in [1.29, 1.82) is 0 Å². The van der Waals surface area contributed by atoms with Gasteiger partial charge < -0.3 is 10.2 Å². The summed E-state index contributed by atoms with van der Waals surface area (Å²) >= 11 is 7.74. The Kier molecular flexibility index (Phi) is 6.08. The molecule has 1 aliphatic heterocycles. The highest BCUT2D eigenvalue weighted by atomic mass is 35.5. The number of thiazole rings is 1. The van der Waals surface area contributed by atoms with Crippen molar-refractivity contribution in [3.63, 3.8) is 0 Å².